The number of nitrogens with zero attached hydrogens (tertiary/aromatic N) is 2. The van der Waals surface area contributed by atoms with Crippen molar-refractivity contribution >= 4 is 11.6 Å². The number of halogens is 1. The fourth-order valence-corrected chi connectivity index (χ4v) is 3.11. The molecule has 0 radical (unpaired) electrons. The van der Waals surface area contributed by atoms with Crippen LogP contribution in [0.15, 0.2) is 30.6 Å². The van der Waals surface area contributed by atoms with Crippen LogP contribution < -0.4 is 15.4 Å². The van der Waals surface area contributed by atoms with Gasteiger partial charge in [0.2, 0.25) is 5.91 Å². The highest BCUT2D eigenvalue weighted by atomic mass is 19.1. The monoisotopic (exact) mass is 346 g/mol. The molecule has 1 aliphatic carbocycles. The van der Waals surface area contributed by atoms with E-state index in [1.54, 1.807) is 43.3 Å². The molecule has 3 rings (SSSR count). The molecule has 1 aliphatic rings. The minimum absolute atomic E-state index is 0.0918. The summed E-state index contributed by atoms with van der Waals surface area (Å²) in [6.07, 6.45) is 7.66. The first kappa shape index (κ1) is 17.4. The smallest absolute Gasteiger partial charge is 0.246 e. The second-order valence-corrected chi connectivity index (χ2v) is 6.33. The molecule has 1 aromatic carbocycles. The zero-order valence-corrected chi connectivity index (χ0v) is 14.5. The zero-order valence-electron chi connectivity index (χ0n) is 14.5. The van der Waals surface area contributed by atoms with Gasteiger partial charge in [-0.15, -0.1) is 0 Å². The van der Waals surface area contributed by atoms with Gasteiger partial charge in [0.15, 0.2) is 11.6 Å². The molecule has 1 atom stereocenters. The van der Waals surface area contributed by atoms with Crippen molar-refractivity contribution in [2.75, 3.05) is 12.4 Å². The van der Waals surface area contributed by atoms with E-state index in [9.17, 15) is 9.18 Å². The number of benzene rings is 1. The number of anilines is 1. The number of carbonyl (C=O) groups excluding carboxylic acids is 1. The van der Waals surface area contributed by atoms with Crippen molar-refractivity contribution in [2.45, 2.75) is 37.8 Å². The van der Waals surface area contributed by atoms with Gasteiger partial charge in [0.05, 0.1) is 12.3 Å². The maximum atomic E-state index is 14.3. The van der Waals surface area contributed by atoms with E-state index in [4.69, 9.17) is 4.74 Å². The van der Waals surface area contributed by atoms with Crippen LogP contribution in [0.5, 0.6) is 5.75 Å². The van der Waals surface area contributed by atoms with Gasteiger partial charge in [-0.1, -0.05) is 0 Å². The summed E-state index contributed by atoms with van der Waals surface area (Å²) in [6, 6.07) is 3.95. The topological polar surface area (TPSA) is 68.2 Å². The quantitative estimate of drug-likeness (QED) is 0.844. The minimum Gasteiger partial charge on any atom is -0.487 e. The van der Waals surface area contributed by atoms with Gasteiger partial charge in [-0.05, 0) is 44.9 Å². The second-order valence-electron chi connectivity index (χ2n) is 6.33. The van der Waals surface area contributed by atoms with E-state index in [-0.39, 0.29) is 17.8 Å². The van der Waals surface area contributed by atoms with Crippen LogP contribution in [0.4, 0.5) is 10.1 Å². The van der Waals surface area contributed by atoms with Crippen molar-refractivity contribution in [3.05, 3.63) is 42.0 Å². The van der Waals surface area contributed by atoms with Gasteiger partial charge in [0.1, 0.15) is 6.04 Å². The molecule has 2 N–H and O–H groups in total. The third-order valence-corrected chi connectivity index (χ3v) is 4.40. The largest absolute Gasteiger partial charge is 0.487 e. The highest BCUT2D eigenvalue weighted by molar-refractivity contribution is 5.95. The molecule has 1 aromatic heterocycles. The summed E-state index contributed by atoms with van der Waals surface area (Å²) in [5, 5.41) is 9.74. The number of hydrogen-bond acceptors (Lipinski definition) is 4. The lowest BCUT2D eigenvalue weighted by Crippen LogP contribution is -2.30. The summed E-state index contributed by atoms with van der Waals surface area (Å²) in [5.74, 6) is -0.506. The minimum atomic E-state index is -0.564. The summed E-state index contributed by atoms with van der Waals surface area (Å²) in [4.78, 5) is 12.5. The van der Waals surface area contributed by atoms with Gasteiger partial charge >= 0.3 is 0 Å². The lowest BCUT2D eigenvalue weighted by Gasteiger charge is -2.16. The third-order valence-electron chi connectivity index (χ3n) is 4.40. The number of likely N-dealkylation sites (N-methyl/N-ethyl adjacent to an activating group) is 1. The number of hydrogen-bond donors (Lipinski definition) is 2. The van der Waals surface area contributed by atoms with Crippen LogP contribution >= 0.6 is 0 Å². The van der Waals surface area contributed by atoms with E-state index >= 15 is 0 Å². The number of nitrogens with one attached hydrogen (secondary N) is 2. The van der Waals surface area contributed by atoms with Crippen LogP contribution in [0.1, 0.15) is 37.3 Å². The molecule has 1 saturated carbocycles. The van der Waals surface area contributed by atoms with Crippen LogP contribution in [0.2, 0.25) is 0 Å². The van der Waals surface area contributed by atoms with Crippen molar-refractivity contribution < 1.29 is 13.9 Å². The summed E-state index contributed by atoms with van der Waals surface area (Å²) in [6.45, 7) is 0. The lowest BCUT2D eigenvalue weighted by atomic mass is 10.1. The van der Waals surface area contributed by atoms with E-state index in [0.717, 1.165) is 31.2 Å². The SMILES string of the molecule is CNC(C(=O)Nc1ccc(OC2CCCC2)c(F)c1)c1cnn(C)c1. The third kappa shape index (κ3) is 4.17. The highest BCUT2D eigenvalue weighted by Gasteiger charge is 2.21. The van der Waals surface area contributed by atoms with E-state index in [0.29, 0.717) is 5.69 Å². The Balaban J connectivity index is 1.67. The number of aromatic nitrogens is 2. The number of amides is 1. The Morgan fingerprint density at radius 3 is 2.76 bits per heavy atom. The summed E-state index contributed by atoms with van der Waals surface area (Å²) >= 11 is 0. The molecular formula is C18H23FN4O2. The highest BCUT2D eigenvalue weighted by Crippen LogP contribution is 2.28. The van der Waals surface area contributed by atoms with E-state index in [2.05, 4.69) is 15.7 Å². The predicted molar refractivity (Wildman–Crippen MR) is 92.9 cm³/mol. The van der Waals surface area contributed by atoms with Gasteiger partial charge in [0.25, 0.3) is 0 Å². The van der Waals surface area contributed by atoms with Crippen molar-refractivity contribution in [1.29, 1.82) is 0 Å². The van der Waals surface area contributed by atoms with Crippen LogP contribution in [0.3, 0.4) is 0 Å². The van der Waals surface area contributed by atoms with Crippen LogP contribution in [0.25, 0.3) is 0 Å². The molecule has 1 amide bonds. The zero-order chi connectivity index (χ0) is 17.8. The van der Waals surface area contributed by atoms with E-state index in [1.165, 1.54) is 6.07 Å². The molecule has 1 unspecified atom stereocenters. The fourth-order valence-electron chi connectivity index (χ4n) is 3.11. The fraction of sp³-hybridized carbons (Fsp3) is 0.444. The van der Waals surface area contributed by atoms with Crippen LogP contribution in [-0.4, -0.2) is 28.8 Å². The Morgan fingerprint density at radius 2 is 2.16 bits per heavy atom. The second kappa shape index (κ2) is 7.65. The maximum Gasteiger partial charge on any atom is 0.246 e. The number of rotatable bonds is 6. The van der Waals surface area contributed by atoms with Crippen molar-refractivity contribution in [1.82, 2.24) is 15.1 Å². The average molecular weight is 346 g/mol. The molecule has 2 aromatic rings. The maximum absolute atomic E-state index is 14.3. The van der Waals surface area contributed by atoms with Gasteiger partial charge < -0.3 is 15.4 Å². The molecule has 1 heterocycles. The van der Waals surface area contributed by atoms with Gasteiger partial charge in [-0.25, -0.2) is 4.39 Å². The Labute approximate surface area is 146 Å². The average Bonchev–Trinajstić information content (AvgIpc) is 3.23. The molecule has 0 aliphatic heterocycles. The van der Waals surface area contributed by atoms with Gasteiger partial charge in [-0.2, -0.15) is 5.10 Å². The van der Waals surface area contributed by atoms with Crippen LogP contribution in [-0.2, 0) is 11.8 Å². The van der Waals surface area contributed by atoms with E-state index < -0.39 is 11.9 Å². The summed E-state index contributed by atoms with van der Waals surface area (Å²) in [5.41, 5.74) is 1.13. The van der Waals surface area contributed by atoms with Gasteiger partial charge in [0, 0.05) is 30.6 Å². The van der Waals surface area contributed by atoms with E-state index in [1.807, 2.05) is 0 Å². The summed E-state index contributed by atoms with van der Waals surface area (Å²) < 4.78 is 21.6. The summed E-state index contributed by atoms with van der Waals surface area (Å²) in [7, 11) is 3.48. The molecule has 1 fully saturated rings. The molecule has 25 heavy (non-hydrogen) atoms. The molecule has 0 spiro atoms. The Kier molecular flexibility index (Phi) is 5.33. The first-order valence-electron chi connectivity index (χ1n) is 8.49. The lowest BCUT2D eigenvalue weighted by molar-refractivity contribution is -0.118. The predicted octanol–water partition coefficient (Wildman–Crippen LogP) is 2.78. The first-order chi connectivity index (χ1) is 12.1. The van der Waals surface area contributed by atoms with Crippen molar-refractivity contribution in [2.24, 2.45) is 7.05 Å². The number of carbonyl (C=O) groups is 1. The first-order valence-corrected chi connectivity index (χ1v) is 8.49. The Bertz CT molecular complexity index is 740. The van der Waals surface area contributed by atoms with Crippen molar-refractivity contribution in [3.63, 3.8) is 0 Å². The number of ether oxygens (including phenoxy) is 1. The molecule has 0 bridgehead atoms. The Hall–Kier alpha value is -2.41. The number of aryl methyl sites for hydroxylation is 1. The standard InChI is InChI=1S/C18H23FN4O2/c1-20-17(12-10-21-23(2)11-12)18(24)22-13-7-8-16(15(19)9-13)25-14-5-3-4-6-14/h7-11,14,17,20H,3-6H2,1-2H3,(H,22,24). The van der Waals surface area contributed by atoms with Crippen molar-refractivity contribution in [3.8, 4) is 5.75 Å². The van der Waals surface area contributed by atoms with Gasteiger partial charge in [-0.3, -0.25) is 9.48 Å². The molecular weight excluding hydrogens is 323 g/mol. The van der Waals surface area contributed by atoms with Crippen LogP contribution in [0, 0.1) is 5.82 Å². The molecule has 6 nitrogen and oxygen atoms in total. The molecule has 7 heteroatoms. The molecule has 134 valence electrons. The Morgan fingerprint density at radius 1 is 1.40 bits per heavy atom. The normalized spacial score (nSPS) is 16.0. The molecule has 0 saturated heterocycles.